The molecule has 0 saturated carbocycles. The van der Waals surface area contributed by atoms with Crippen LogP contribution in [0.25, 0.3) is 33.4 Å². The Bertz CT molecular complexity index is 1640. The molecular formula is C28H25N5O2S. The molecule has 0 aliphatic carbocycles. The zero-order valence-electron chi connectivity index (χ0n) is 20.0. The van der Waals surface area contributed by atoms with Crippen LogP contribution in [0.1, 0.15) is 5.56 Å². The molecule has 36 heavy (non-hydrogen) atoms. The molecule has 2 aromatic carbocycles. The van der Waals surface area contributed by atoms with E-state index in [9.17, 15) is 8.42 Å². The van der Waals surface area contributed by atoms with Crippen LogP contribution < -0.4 is 4.72 Å². The maximum atomic E-state index is 12.8. The first-order valence-electron chi connectivity index (χ1n) is 11.4. The zero-order valence-corrected chi connectivity index (χ0v) is 20.8. The third-order valence-electron chi connectivity index (χ3n) is 5.66. The number of nitrogens with one attached hydrogen (secondary N) is 1. The molecule has 0 unspecified atom stereocenters. The molecule has 0 fully saturated rings. The predicted molar refractivity (Wildman–Crippen MR) is 143 cm³/mol. The quantitative estimate of drug-likeness (QED) is 0.333. The summed E-state index contributed by atoms with van der Waals surface area (Å²) in [4.78, 5) is 16.0. The van der Waals surface area contributed by atoms with Crippen molar-refractivity contribution in [3.63, 3.8) is 0 Å². The molecule has 3 heterocycles. The van der Waals surface area contributed by atoms with Crippen LogP contribution in [0, 0.1) is 0 Å². The number of pyridine rings is 3. The van der Waals surface area contributed by atoms with Crippen LogP contribution in [0.4, 0.5) is 5.69 Å². The van der Waals surface area contributed by atoms with E-state index in [1.54, 1.807) is 48.8 Å². The number of sulfonamides is 1. The highest BCUT2D eigenvalue weighted by atomic mass is 32.2. The van der Waals surface area contributed by atoms with E-state index in [1.807, 2.05) is 32.3 Å². The Kier molecular flexibility index (Phi) is 6.45. The summed E-state index contributed by atoms with van der Waals surface area (Å²) < 4.78 is 28.1. The minimum Gasteiger partial charge on any atom is -0.305 e. The molecule has 5 aromatic rings. The molecule has 3 aromatic heterocycles. The summed E-state index contributed by atoms with van der Waals surface area (Å²) in [7, 11) is 0.366. The van der Waals surface area contributed by atoms with Crippen LogP contribution in [0.5, 0.6) is 0 Å². The van der Waals surface area contributed by atoms with E-state index < -0.39 is 10.0 Å². The van der Waals surface area contributed by atoms with Crippen molar-refractivity contribution in [2.24, 2.45) is 0 Å². The Balaban J connectivity index is 1.52. The summed E-state index contributed by atoms with van der Waals surface area (Å²) in [6, 6.07) is 24.1. The van der Waals surface area contributed by atoms with Gasteiger partial charge in [-0.25, -0.2) is 13.4 Å². The Morgan fingerprint density at radius 1 is 0.861 bits per heavy atom. The normalized spacial score (nSPS) is 11.6. The van der Waals surface area contributed by atoms with Gasteiger partial charge in [-0.1, -0.05) is 36.4 Å². The SMILES string of the molecule is CN(C)Cc1cccc(-c2ccnc3ccc(-c4cncc(NS(=O)(=O)c5ccccc5)c4)nc23)c1. The van der Waals surface area contributed by atoms with Gasteiger partial charge in [0.25, 0.3) is 10.0 Å². The highest BCUT2D eigenvalue weighted by molar-refractivity contribution is 7.92. The molecule has 8 heteroatoms. The highest BCUT2D eigenvalue weighted by Gasteiger charge is 2.15. The molecule has 0 atom stereocenters. The van der Waals surface area contributed by atoms with Crippen molar-refractivity contribution in [3.05, 3.63) is 103 Å². The molecule has 0 spiro atoms. The Labute approximate surface area is 210 Å². The summed E-state index contributed by atoms with van der Waals surface area (Å²) in [5.74, 6) is 0. The molecule has 0 radical (unpaired) electrons. The fourth-order valence-corrected chi connectivity index (χ4v) is 5.13. The topological polar surface area (TPSA) is 88.1 Å². The number of rotatable bonds is 7. The maximum Gasteiger partial charge on any atom is 0.261 e. The fourth-order valence-electron chi connectivity index (χ4n) is 4.07. The van der Waals surface area contributed by atoms with Gasteiger partial charge in [0.15, 0.2) is 0 Å². The van der Waals surface area contributed by atoms with E-state index in [-0.39, 0.29) is 4.90 Å². The highest BCUT2D eigenvalue weighted by Crippen LogP contribution is 2.30. The van der Waals surface area contributed by atoms with Gasteiger partial charge in [-0.05, 0) is 67.7 Å². The van der Waals surface area contributed by atoms with Crippen LogP contribution in [-0.4, -0.2) is 42.4 Å². The molecule has 0 aliphatic rings. The Morgan fingerprint density at radius 3 is 2.50 bits per heavy atom. The number of aromatic nitrogens is 3. The van der Waals surface area contributed by atoms with Crippen molar-refractivity contribution in [1.29, 1.82) is 0 Å². The van der Waals surface area contributed by atoms with E-state index in [0.29, 0.717) is 16.9 Å². The van der Waals surface area contributed by atoms with Crippen LogP contribution in [0.15, 0.2) is 102 Å². The lowest BCUT2D eigenvalue weighted by Crippen LogP contribution is -2.13. The third-order valence-corrected chi connectivity index (χ3v) is 7.06. The van der Waals surface area contributed by atoms with E-state index in [0.717, 1.165) is 28.7 Å². The van der Waals surface area contributed by atoms with Gasteiger partial charge in [-0.15, -0.1) is 0 Å². The lowest BCUT2D eigenvalue weighted by atomic mass is 10.0. The van der Waals surface area contributed by atoms with Gasteiger partial charge in [0.2, 0.25) is 0 Å². The molecule has 5 rings (SSSR count). The lowest BCUT2D eigenvalue weighted by Gasteiger charge is -2.12. The fraction of sp³-hybridized carbons (Fsp3) is 0.107. The van der Waals surface area contributed by atoms with Crippen molar-refractivity contribution in [2.45, 2.75) is 11.4 Å². The molecule has 7 nitrogen and oxygen atoms in total. The number of benzene rings is 2. The number of fused-ring (bicyclic) bond motifs is 1. The molecular weight excluding hydrogens is 470 g/mol. The molecule has 0 saturated heterocycles. The smallest absolute Gasteiger partial charge is 0.261 e. The van der Waals surface area contributed by atoms with Gasteiger partial charge in [0, 0.05) is 30.1 Å². The summed E-state index contributed by atoms with van der Waals surface area (Å²) in [5, 5.41) is 0. The second-order valence-corrected chi connectivity index (χ2v) is 10.4. The average molecular weight is 496 g/mol. The number of hydrogen-bond acceptors (Lipinski definition) is 6. The first-order valence-corrected chi connectivity index (χ1v) is 12.9. The lowest BCUT2D eigenvalue weighted by molar-refractivity contribution is 0.402. The second-order valence-electron chi connectivity index (χ2n) is 8.74. The zero-order chi connectivity index (χ0) is 25.1. The summed E-state index contributed by atoms with van der Waals surface area (Å²) in [6.45, 7) is 0.840. The van der Waals surface area contributed by atoms with Crippen LogP contribution >= 0.6 is 0 Å². The third kappa shape index (κ3) is 5.10. The maximum absolute atomic E-state index is 12.8. The largest absolute Gasteiger partial charge is 0.305 e. The molecule has 180 valence electrons. The molecule has 0 aliphatic heterocycles. The monoisotopic (exact) mass is 495 g/mol. The van der Waals surface area contributed by atoms with E-state index in [4.69, 9.17) is 4.98 Å². The van der Waals surface area contributed by atoms with E-state index in [2.05, 4.69) is 43.9 Å². The number of anilines is 1. The first kappa shape index (κ1) is 23.6. The second kappa shape index (κ2) is 9.85. The van der Waals surface area contributed by atoms with E-state index >= 15 is 0 Å². The van der Waals surface area contributed by atoms with Crippen molar-refractivity contribution < 1.29 is 8.42 Å². The minimum absolute atomic E-state index is 0.187. The first-order chi connectivity index (χ1) is 17.4. The van der Waals surface area contributed by atoms with Crippen LogP contribution in [0.3, 0.4) is 0 Å². The predicted octanol–water partition coefficient (Wildman–Crippen LogP) is 5.22. The van der Waals surface area contributed by atoms with Gasteiger partial charge in [0.05, 0.1) is 33.5 Å². The molecule has 0 amide bonds. The van der Waals surface area contributed by atoms with Gasteiger partial charge in [0.1, 0.15) is 0 Å². The average Bonchev–Trinajstić information content (AvgIpc) is 2.88. The Morgan fingerprint density at radius 2 is 1.69 bits per heavy atom. The van der Waals surface area contributed by atoms with Crippen molar-refractivity contribution >= 4 is 26.7 Å². The van der Waals surface area contributed by atoms with Gasteiger partial charge in [-0.3, -0.25) is 14.7 Å². The Hall–Kier alpha value is -4.14. The minimum atomic E-state index is -3.73. The molecule has 0 bridgehead atoms. The number of nitrogens with zero attached hydrogens (tertiary/aromatic N) is 4. The summed E-state index contributed by atoms with van der Waals surface area (Å²) in [5.41, 5.74) is 6.54. The number of hydrogen-bond donors (Lipinski definition) is 1. The van der Waals surface area contributed by atoms with E-state index in [1.165, 1.54) is 11.8 Å². The van der Waals surface area contributed by atoms with Crippen LogP contribution in [-0.2, 0) is 16.6 Å². The van der Waals surface area contributed by atoms with Crippen molar-refractivity contribution in [3.8, 4) is 22.4 Å². The van der Waals surface area contributed by atoms with Crippen molar-refractivity contribution in [2.75, 3.05) is 18.8 Å². The van der Waals surface area contributed by atoms with Gasteiger partial charge >= 0.3 is 0 Å². The summed E-state index contributed by atoms with van der Waals surface area (Å²) >= 11 is 0. The summed E-state index contributed by atoms with van der Waals surface area (Å²) in [6.07, 6.45) is 4.94. The van der Waals surface area contributed by atoms with Gasteiger partial charge < -0.3 is 4.90 Å². The molecule has 1 N–H and O–H groups in total. The standard InChI is InChI=1S/C28H25N5O2S/c1-33(2)19-20-7-6-8-21(15-20)25-13-14-30-27-12-11-26(31-28(25)27)22-16-23(18-29-17-22)32-36(34,35)24-9-4-3-5-10-24/h3-18,32H,19H2,1-2H3. The van der Waals surface area contributed by atoms with Crippen LogP contribution in [0.2, 0.25) is 0 Å². The van der Waals surface area contributed by atoms with Gasteiger partial charge in [-0.2, -0.15) is 0 Å². The van der Waals surface area contributed by atoms with Crippen molar-refractivity contribution in [1.82, 2.24) is 19.9 Å².